The molecule has 0 bridgehead atoms. The molecular weight excluding hydrogens is 699 g/mol. The van der Waals surface area contributed by atoms with E-state index in [-0.39, 0.29) is 0 Å². The van der Waals surface area contributed by atoms with E-state index in [2.05, 4.69) is 124 Å². The van der Waals surface area contributed by atoms with E-state index in [1.807, 2.05) is 72.8 Å². The van der Waals surface area contributed by atoms with Gasteiger partial charge in [-0.05, 0) is 71.8 Å². The van der Waals surface area contributed by atoms with Crippen molar-refractivity contribution < 1.29 is 4.74 Å². The van der Waals surface area contributed by atoms with E-state index in [9.17, 15) is 0 Å². The first-order chi connectivity index (χ1) is 28.3. The molecule has 6 nitrogen and oxygen atoms in total. The van der Waals surface area contributed by atoms with E-state index in [1.165, 1.54) is 10.8 Å². The summed E-state index contributed by atoms with van der Waals surface area (Å²) in [5, 5.41) is 4.56. The number of aromatic nitrogens is 5. The fourth-order valence-electron chi connectivity index (χ4n) is 8.62. The highest BCUT2D eigenvalue weighted by Crippen LogP contribution is 2.46. The van der Waals surface area contributed by atoms with Crippen LogP contribution in [0.5, 0.6) is 11.5 Å². The largest absolute Gasteiger partial charge is 0.453 e. The van der Waals surface area contributed by atoms with Crippen molar-refractivity contribution >= 4 is 43.6 Å². The molecule has 3 aromatic heterocycles. The lowest BCUT2D eigenvalue weighted by atomic mass is 9.99. The third kappa shape index (κ3) is 4.87. The molecule has 1 aliphatic rings. The number of hydrogen-bond donors (Lipinski definition) is 0. The van der Waals surface area contributed by atoms with Crippen LogP contribution in [0.15, 0.2) is 188 Å². The Bertz CT molecular complexity index is 3310. The van der Waals surface area contributed by atoms with Crippen LogP contribution in [-0.2, 0) is 0 Å². The van der Waals surface area contributed by atoms with Crippen molar-refractivity contribution in [2.24, 2.45) is 0 Å². The first kappa shape index (κ1) is 31.5. The Morgan fingerprint density at radius 3 is 1.67 bits per heavy atom. The van der Waals surface area contributed by atoms with Gasteiger partial charge in [0.2, 0.25) is 0 Å². The summed E-state index contributed by atoms with van der Waals surface area (Å²) in [6, 6.07) is 65.6. The van der Waals surface area contributed by atoms with Gasteiger partial charge in [0.1, 0.15) is 0 Å². The number of para-hydroxylation sites is 4. The first-order valence-corrected chi connectivity index (χ1v) is 19.1. The molecular formula is C51H31N5O. The summed E-state index contributed by atoms with van der Waals surface area (Å²) in [7, 11) is 0. The van der Waals surface area contributed by atoms with Crippen LogP contribution in [0.1, 0.15) is 0 Å². The summed E-state index contributed by atoms with van der Waals surface area (Å²) in [5.41, 5.74) is 11.7. The highest BCUT2D eigenvalue weighted by Gasteiger charge is 2.24. The van der Waals surface area contributed by atoms with Crippen LogP contribution in [0.2, 0.25) is 0 Å². The summed E-state index contributed by atoms with van der Waals surface area (Å²) in [5.74, 6) is 3.63. The molecule has 8 aromatic carbocycles. The Morgan fingerprint density at radius 1 is 0.368 bits per heavy atom. The van der Waals surface area contributed by atoms with Crippen LogP contribution in [0.4, 0.5) is 0 Å². The number of nitrogens with zero attached hydrogens (tertiary/aromatic N) is 5. The predicted octanol–water partition coefficient (Wildman–Crippen LogP) is 12.8. The second-order valence-electron chi connectivity index (χ2n) is 14.4. The van der Waals surface area contributed by atoms with E-state index in [1.54, 1.807) is 0 Å². The smallest absolute Gasteiger partial charge is 0.164 e. The van der Waals surface area contributed by atoms with Crippen molar-refractivity contribution in [1.29, 1.82) is 0 Å². The summed E-state index contributed by atoms with van der Waals surface area (Å²) < 4.78 is 11.1. The van der Waals surface area contributed by atoms with Gasteiger partial charge in [-0.1, -0.05) is 127 Å². The molecule has 12 rings (SSSR count). The van der Waals surface area contributed by atoms with Gasteiger partial charge in [0.25, 0.3) is 0 Å². The number of rotatable bonds is 5. The van der Waals surface area contributed by atoms with E-state index in [4.69, 9.17) is 19.7 Å². The molecule has 0 unspecified atom stereocenters. The van der Waals surface area contributed by atoms with Crippen LogP contribution in [0, 0.1) is 0 Å². The quantitative estimate of drug-likeness (QED) is 0.177. The van der Waals surface area contributed by atoms with E-state index in [0.29, 0.717) is 17.5 Å². The molecule has 0 radical (unpaired) electrons. The van der Waals surface area contributed by atoms with Crippen LogP contribution in [0.25, 0.3) is 100 Å². The zero-order chi connectivity index (χ0) is 37.5. The molecule has 0 spiro atoms. The number of hydrogen-bond acceptors (Lipinski definition) is 4. The molecule has 266 valence electrons. The lowest BCUT2D eigenvalue weighted by Crippen LogP contribution is -2.03. The Kier molecular flexibility index (Phi) is 6.83. The average Bonchev–Trinajstić information content (AvgIpc) is 3.80. The summed E-state index contributed by atoms with van der Waals surface area (Å²) in [6.45, 7) is 0. The second-order valence-corrected chi connectivity index (χ2v) is 14.4. The lowest BCUT2D eigenvalue weighted by molar-refractivity contribution is 0.476. The molecule has 0 amide bonds. The van der Waals surface area contributed by atoms with Gasteiger partial charge in [-0.2, -0.15) is 0 Å². The fourth-order valence-corrected chi connectivity index (χ4v) is 8.62. The topological polar surface area (TPSA) is 57.8 Å². The molecule has 0 aliphatic carbocycles. The Balaban J connectivity index is 1.11. The van der Waals surface area contributed by atoms with Crippen LogP contribution in [-0.4, -0.2) is 24.1 Å². The highest BCUT2D eigenvalue weighted by molar-refractivity contribution is 6.17. The maximum absolute atomic E-state index is 6.40. The average molecular weight is 730 g/mol. The van der Waals surface area contributed by atoms with Gasteiger partial charge < -0.3 is 13.9 Å². The molecule has 0 N–H and O–H groups in total. The lowest BCUT2D eigenvalue weighted by Gasteiger charge is -2.20. The van der Waals surface area contributed by atoms with Gasteiger partial charge in [0.05, 0.1) is 27.8 Å². The van der Waals surface area contributed by atoms with E-state index >= 15 is 0 Å². The van der Waals surface area contributed by atoms with E-state index in [0.717, 1.165) is 83.5 Å². The molecule has 4 heterocycles. The van der Waals surface area contributed by atoms with Crippen LogP contribution in [0.3, 0.4) is 0 Å². The zero-order valence-electron chi connectivity index (χ0n) is 30.5. The molecule has 11 aromatic rings. The summed E-state index contributed by atoms with van der Waals surface area (Å²) >= 11 is 0. The van der Waals surface area contributed by atoms with Gasteiger partial charge in [-0.15, -0.1) is 0 Å². The minimum Gasteiger partial charge on any atom is -0.453 e. The number of ether oxygens (including phenoxy) is 1. The van der Waals surface area contributed by atoms with Gasteiger partial charge in [0, 0.05) is 43.9 Å². The minimum atomic E-state index is 0.629. The van der Waals surface area contributed by atoms with Crippen molar-refractivity contribution in [3.63, 3.8) is 0 Å². The van der Waals surface area contributed by atoms with Gasteiger partial charge in [0.15, 0.2) is 29.0 Å². The van der Waals surface area contributed by atoms with Gasteiger partial charge in [-0.25, -0.2) is 15.0 Å². The van der Waals surface area contributed by atoms with Gasteiger partial charge >= 0.3 is 0 Å². The SMILES string of the molecule is c1ccc(-c2nc(-c3ccccc3)nc(-c3cccc4c3c3cc(-c5ccc6c(c5)c5cccc7c5n6-c5ccccc5O7)ccc3n4-c3ccccc3)n2)cc1. The third-order valence-corrected chi connectivity index (χ3v) is 11.2. The monoisotopic (exact) mass is 729 g/mol. The molecule has 0 saturated heterocycles. The van der Waals surface area contributed by atoms with Crippen molar-refractivity contribution in [2.75, 3.05) is 0 Å². The third-order valence-electron chi connectivity index (χ3n) is 11.2. The first-order valence-electron chi connectivity index (χ1n) is 19.1. The van der Waals surface area contributed by atoms with Gasteiger partial charge in [-0.3, -0.25) is 0 Å². The Hall–Kier alpha value is -7.83. The van der Waals surface area contributed by atoms with Crippen molar-refractivity contribution in [1.82, 2.24) is 24.1 Å². The van der Waals surface area contributed by atoms with Crippen LogP contribution < -0.4 is 4.74 Å². The number of fused-ring (bicyclic) bond motifs is 8. The fraction of sp³-hybridized carbons (Fsp3) is 0. The maximum Gasteiger partial charge on any atom is 0.164 e. The summed E-state index contributed by atoms with van der Waals surface area (Å²) in [4.78, 5) is 15.3. The minimum absolute atomic E-state index is 0.629. The molecule has 0 atom stereocenters. The predicted molar refractivity (Wildman–Crippen MR) is 230 cm³/mol. The Labute approximate surface area is 327 Å². The van der Waals surface area contributed by atoms with Crippen LogP contribution >= 0.6 is 0 Å². The normalized spacial score (nSPS) is 12.0. The number of benzene rings is 8. The van der Waals surface area contributed by atoms with E-state index < -0.39 is 0 Å². The molecule has 0 saturated carbocycles. The molecule has 57 heavy (non-hydrogen) atoms. The molecule has 1 aliphatic heterocycles. The standard InChI is InChI=1S/C51H31N5O/c1-4-14-32(15-5-1)49-52-50(33-16-6-2-7-17-33)54-51(53-49)38-21-12-23-44-47(38)40-31-35(27-29-42(40)55(44)36-18-8-3-9-19-36)34-26-28-41-39(30-34)37-20-13-25-46-48(37)56(41)43-22-10-11-24-45(43)57-46/h1-31H. The molecule has 0 fully saturated rings. The summed E-state index contributed by atoms with van der Waals surface area (Å²) in [6.07, 6.45) is 0. The van der Waals surface area contributed by atoms with Crippen molar-refractivity contribution in [3.8, 4) is 68.2 Å². The second kappa shape index (κ2) is 12.3. The zero-order valence-corrected chi connectivity index (χ0v) is 30.5. The Morgan fingerprint density at radius 2 is 0.947 bits per heavy atom. The highest BCUT2D eigenvalue weighted by atomic mass is 16.5. The van der Waals surface area contributed by atoms with Crippen molar-refractivity contribution in [3.05, 3.63) is 188 Å². The molecule has 6 heteroatoms. The van der Waals surface area contributed by atoms with Crippen molar-refractivity contribution in [2.45, 2.75) is 0 Å². The maximum atomic E-state index is 6.40.